The number of fused-ring (bicyclic) bond motifs is 4. The Kier molecular flexibility index (Phi) is 6.56. The van der Waals surface area contributed by atoms with E-state index >= 15 is 0 Å². The molecular formula is C26H26Cl2N2O8. The first kappa shape index (κ1) is 26.6. The summed E-state index contributed by atoms with van der Waals surface area (Å²) in [7, 11) is 1.32. The van der Waals surface area contributed by atoms with Gasteiger partial charge in [0.15, 0.2) is 9.75 Å². The van der Waals surface area contributed by atoms with Gasteiger partial charge in [-0.25, -0.2) is 0 Å². The van der Waals surface area contributed by atoms with Crippen molar-refractivity contribution in [1.82, 2.24) is 9.80 Å². The van der Waals surface area contributed by atoms with Crippen molar-refractivity contribution in [2.75, 3.05) is 26.8 Å². The predicted octanol–water partition coefficient (Wildman–Crippen LogP) is 1.52. The molecule has 2 aliphatic carbocycles. The van der Waals surface area contributed by atoms with Gasteiger partial charge < -0.3 is 14.9 Å². The number of benzene rings is 1. The maximum absolute atomic E-state index is 13.5. The van der Waals surface area contributed by atoms with Gasteiger partial charge in [-0.1, -0.05) is 23.8 Å². The van der Waals surface area contributed by atoms with Crippen molar-refractivity contribution in [3.63, 3.8) is 0 Å². The number of nitrogens with zero attached hydrogens (tertiary/aromatic N) is 2. The highest BCUT2D eigenvalue weighted by atomic mass is 35.5. The minimum atomic E-state index is -1.88. The van der Waals surface area contributed by atoms with Crippen molar-refractivity contribution in [2.45, 2.75) is 34.9 Å². The molecule has 2 aliphatic heterocycles. The number of hydrogen-bond acceptors (Lipinski definition) is 7. The molecular weight excluding hydrogens is 539 g/mol. The number of carbonyl (C=O) groups is 5. The van der Waals surface area contributed by atoms with Crippen LogP contribution in [0, 0.1) is 17.8 Å². The molecule has 4 amide bonds. The van der Waals surface area contributed by atoms with E-state index in [0.29, 0.717) is 16.9 Å². The molecule has 2 saturated heterocycles. The normalized spacial score (nSPS) is 34.2. The highest BCUT2D eigenvalue weighted by Crippen LogP contribution is 2.65. The van der Waals surface area contributed by atoms with Crippen molar-refractivity contribution < 1.29 is 38.9 Å². The molecule has 38 heavy (non-hydrogen) atoms. The first-order valence-corrected chi connectivity index (χ1v) is 13.0. The lowest BCUT2D eigenvalue weighted by Crippen LogP contribution is -2.60. The molecule has 0 radical (unpaired) electrons. The summed E-state index contributed by atoms with van der Waals surface area (Å²) in [6, 6.07) is 6.70. The number of carboxylic acid groups (broad SMARTS) is 1. The van der Waals surface area contributed by atoms with Gasteiger partial charge in [-0.05, 0) is 36.5 Å². The van der Waals surface area contributed by atoms with Crippen LogP contribution in [0.5, 0.6) is 5.75 Å². The highest BCUT2D eigenvalue weighted by Gasteiger charge is 2.75. The number of allylic oxidation sites excluding steroid dienone is 2. The van der Waals surface area contributed by atoms with Gasteiger partial charge >= 0.3 is 5.97 Å². The Morgan fingerprint density at radius 2 is 1.76 bits per heavy atom. The fourth-order valence-corrected chi connectivity index (χ4v) is 7.55. The second-order valence-electron chi connectivity index (χ2n) is 10.1. The number of rotatable bonds is 7. The van der Waals surface area contributed by atoms with Crippen molar-refractivity contribution in [3.8, 4) is 5.75 Å². The summed E-state index contributed by atoms with van der Waals surface area (Å²) < 4.78 is 5.44. The lowest BCUT2D eigenvalue weighted by Gasteiger charge is -2.50. The topological polar surface area (TPSA) is 142 Å². The Hall–Kier alpha value is -2.95. The van der Waals surface area contributed by atoms with Crippen molar-refractivity contribution >= 4 is 52.8 Å². The van der Waals surface area contributed by atoms with E-state index in [-0.39, 0.29) is 39.0 Å². The number of carboxylic acids is 1. The number of likely N-dealkylation sites (tertiary alicyclic amines) is 2. The largest absolute Gasteiger partial charge is 0.491 e. The van der Waals surface area contributed by atoms with Gasteiger partial charge in [0.2, 0.25) is 11.8 Å². The number of carbonyl (C=O) groups excluding carboxylic acids is 4. The van der Waals surface area contributed by atoms with Crippen molar-refractivity contribution in [2.24, 2.45) is 17.8 Å². The molecule has 5 rings (SSSR count). The van der Waals surface area contributed by atoms with E-state index in [1.807, 2.05) is 6.08 Å². The van der Waals surface area contributed by atoms with Crippen molar-refractivity contribution in [1.29, 1.82) is 0 Å². The number of hydrogen-bond donors (Lipinski definition) is 2. The lowest BCUT2D eigenvalue weighted by molar-refractivity contribution is -0.143. The van der Waals surface area contributed by atoms with E-state index in [1.165, 1.54) is 7.05 Å². The first-order chi connectivity index (χ1) is 18.0. The van der Waals surface area contributed by atoms with E-state index in [1.54, 1.807) is 24.3 Å². The third kappa shape index (κ3) is 3.60. The Morgan fingerprint density at radius 1 is 1.08 bits per heavy atom. The van der Waals surface area contributed by atoms with Crippen LogP contribution in [0.4, 0.5) is 0 Å². The monoisotopic (exact) mass is 564 g/mol. The molecule has 4 aliphatic rings. The number of imide groups is 2. The van der Waals surface area contributed by atoms with Gasteiger partial charge in [-0.15, -0.1) is 23.2 Å². The summed E-state index contributed by atoms with van der Waals surface area (Å²) in [5.74, 6) is -6.04. The summed E-state index contributed by atoms with van der Waals surface area (Å²) in [5.41, 5.74) is 1.23. The Bertz CT molecular complexity index is 1270. The lowest BCUT2D eigenvalue weighted by atomic mass is 9.56. The zero-order valence-electron chi connectivity index (χ0n) is 20.4. The number of aliphatic carboxylic acids is 1. The number of aliphatic hydroxyl groups excluding tert-OH is 1. The molecule has 6 unspecified atom stereocenters. The van der Waals surface area contributed by atoms with Crippen molar-refractivity contribution in [3.05, 3.63) is 41.5 Å². The zero-order chi connectivity index (χ0) is 27.6. The van der Waals surface area contributed by atoms with Gasteiger partial charge in [0.05, 0.1) is 24.9 Å². The minimum absolute atomic E-state index is 0.0929. The number of aliphatic hydroxyl groups is 1. The maximum Gasteiger partial charge on any atom is 0.305 e. The highest BCUT2D eigenvalue weighted by molar-refractivity contribution is 6.53. The summed E-state index contributed by atoms with van der Waals surface area (Å²) >= 11 is 14.2. The van der Waals surface area contributed by atoms with Crippen LogP contribution in [0.2, 0.25) is 0 Å². The average molecular weight is 565 g/mol. The Labute approximate surface area is 228 Å². The number of ether oxygens (including phenoxy) is 1. The molecule has 6 atom stereocenters. The molecule has 10 nitrogen and oxygen atoms in total. The summed E-state index contributed by atoms with van der Waals surface area (Å²) in [6.07, 6.45) is 1.52. The second-order valence-corrected chi connectivity index (χ2v) is 11.4. The second kappa shape index (κ2) is 9.36. The van der Waals surface area contributed by atoms with Crippen LogP contribution in [0.1, 0.15) is 30.7 Å². The van der Waals surface area contributed by atoms with E-state index < -0.39 is 63.0 Å². The van der Waals surface area contributed by atoms with Crippen LogP contribution in [0.3, 0.4) is 0 Å². The average Bonchev–Trinajstić information content (AvgIpc) is 3.21. The van der Waals surface area contributed by atoms with Crippen LogP contribution in [-0.2, 0) is 24.0 Å². The van der Waals surface area contributed by atoms with Gasteiger partial charge in [0.25, 0.3) is 11.8 Å². The Morgan fingerprint density at radius 3 is 2.39 bits per heavy atom. The number of halogens is 2. The van der Waals surface area contributed by atoms with Crippen LogP contribution in [0.25, 0.3) is 0 Å². The van der Waals surface area contributed by atoms with Crippen LogP contribution >= 0.6 is 23.2 Å². The van der Waals surface area contributed by atoms with Gasteiger partial charge in [-0.2, -0.15) is 0 Å². The predicted molar refractivity (Wildman–Crippen MR) is 133 cm³/mol. The van der Waals surface area contributed by atoms with Crippen LogP contribution in [0.15, 0.2) is 35.9 Å². The molecule has 0 bridgehead atoms. The van der Waals surface area contributed by atoms with E-state index in [9.17, 15) is 24.0 Å². The Balaban J connectivity index is 1.60. The fraction of sp³-hybridized carbons (Fsp3) is 0.500. The molecule has 1 aromatic rings. The van der Waals surface area contributed by atoms with Gasteiger partial charge in [0, 0.05) is 19.5 Å². The molecule has 0 aromatic heterocycles. The van der Waals surface area contributed by atoms with Crippen LogP contribution in [-0.4, -0.2) is 86.2 Å². The molecule has 12 heteroatoms. The summed E-state index contributed by atoms with van der Waals surface area (Å²) in [6.45, 7) is -0.317. The SMILES string of the molecule is CN1C(=O)C2(Cl)CC3C(=CCC4C(=O)N(CCC(=O)O)C(=O)C43)C(c3ccc(OCCO)cc3)C2(Cl)C1=O. The minimum Gasteiger partial charge on any atom is -0.491 e. The van der Waals surface area contributed by atoms with Gasteiger partial charge in [-0.3, -0.25) is 33.8 Å². The number of alkyl halides is 2. The van der Waals surface area contributed by atoms with E-state index in [0.717, 1.165) is 9.80 Å². The van der Waals surface area contributed by atoms with Crippen LogP contribution < -0.4 is 4.74 Å². The maximum atomic E-state index is 13.5. The smallest absolute Gasteiger partial charge is 0.305 e. The third-order valence-corrected chi connectivity index (χ3v) is 9.64. The molecule has 1 saturated carbocycles. The third-order valence-electron chi connectivity index (χ3n) is 8.23. The molecule has 1 aromatic carbocycles. The molecule has 2 N–H and O–H groups in total. The number of amides is 4. The zero-order valence-corrected chi connectivity index (χ0v) is 21.9. The first-order valence-electron chi connectivity index (χ1n) is 12.3. The van der Waals surface area contributed by atoms with E-state index in [2.05, 4.69) is 0 Å². The standard InChI is InChI=1S/C26H26Cl2N2O8/c1-29-23(36)25(27)12-17-15(6-7-16-19(17)22(35)30(21(16)34)9-8-18(32)33)20(26(25,28)24(29)37)13-2-4-14(5-3-13)38-11-10-31/h2-6,16-17,19-20,31H,7-12H2,1H3,(H,32,33). The fourth-order valence-electron chi connectivity index (χ4n) is 6.53. The summed E-state index contributed by atoms with van der Waals surface area (Å²) in [4.78, 5) is 62.8. The summed E-state index contributed by atoms with van der Waals surface area (Å²) in [5, 5.41) is 18.1. The van der Waals surface area contributed by atoms with E-state index in [4.69, 9.17) is 38.2 Å². The molecule has 202 valence electrons. The molecule has 0 spiro atoms. The quantitative estimate of drug-likeness (QED) is 0.288. The molecule has 2 heterocycles. The molecule has 3 fully saturated rings. The van der Waals surface area contributed by atoms with Gasteiger partial charge in [0.1, 0.15) is 12.4 Å².